The van der Waals surface area contributed by atoms with E-state index in [2.05, 4.69) is 41.6 Å². The van der Waals surface area contributed by atoms with Gasteiger partial charge in [-0.15, -0.1) is 0 Å². The number of aliphatic hydroxyl groups is 1. The molecule has 3 N–H and O–H groups in total. The summed E-state index contributed by atoms with van der Waals surface area (Å²) in [6.45, 7) is 8.60. The zero-order valence-electron chi connectivity index (χ0n) is 15.3. The summed E-state index contributed by atoms with van der Waals surface area (Å²) in [5.41, 5.74) is 11.6. The van der Waals surface area contributed by atoms with E-state index in [1.54, 1.807) is 6.92 Å². The molecule has 140 valence electrons. The third-order valence-electron chi connectivity index (χ3n) is 7.01. The van der Waals surface area contributed by atoms with Crippen molar-refractivity contribution in [3.8, 4) is 0 Å². The average molecular weight is 351 g/mol. The fourth-order valence-electron chi connectivity index (χ4n) is 5.24. The molecule has 4 fully saturated rings. The number of nitrogens with zero attached hydrogens (tertiary/aromatic N) is 3. The van der Waals surface area contributed by atoms with Crippen LogP contribution in [0, 0.1) is 29.1 Å². The Morgan fingerprint density at radius 1 is 1.52 bits per heavy atom. The first kappa shape index (κ1) is 18.5. The first-order valence-electron chi connectivity index (χ1n) is 9.17. The van der Waals surface area contributed by atoms with Gasteiger partial charge in [-0.1, -0.05) is 25.9 Å². The van der Waals surface area contributed by atoms with Crippen molar-refractivity contribution in [2.24, 2.45) is 34.2 Å². The molecule has 0 spiro atoms. The van der Waals surface area contributed by atoms with Crippen molar-refractivity contribution in [1.82, 2.24) is 10.8 Å². The molecule has 8 atom stereocenters. The van der Waals surface area contributed by atoms with Crippen molar-refractivity contribution in [2.45, 2.75) is 64.8 Å². The Balaban J connectivity index is 1.64. The lowest BCUT2D eigenvalue weighted by Gasteiger charge is -2.62. The van der Waals surface area contributed by atoms with Crippen LogP contribution in [0.3, 0.4) is 0 Å². The van der Waals surface area contributed by atoms with Crippen LogP contribution >= 0.6 is 0 Å². The van der Waals surface area contributed by atoms with Crippen molar-refractivity contribution in [1.29, 1.82) is 0 Å². The SMILES string of the molecule is C[C@@H]1[C@@H](NC(=O)[C@H]2NO[C@@H](CN=[N+]=[N-])[C@H]2[C@H](C)O)C[C@H]2C[C@@H]1C2(C)C. The lowest BCUT2D eigenvalue weighted by molar-refractivity contribution is -0.137. The van der Waals surface area contributed by atoms with E-state index in [1.807, 2.05) is 0 Å². The summed E-state index contributed by atoms with van der Waals surface area (Å²) in [6, 6.07) is -0.478. The second-order valence-electron chi connectivity index (χ2n) is 8.55. The molecular weight excluding hydrogens is 322 g/mol. The molecule has 25 heavy (non-hydrogen) atoms. The van der Waals surface area contributed by atoms with Gasteiger partial charge in [-0.3, -0.25) is 9.63 Å². The number of hydroxylamine groups is 1. The van der Waals surface area contributed by atoms with E-state index in [0.29, 0.717) is 23.2 Å². The molecule has 1 saturated heterocycles. The van der Waals surface area contributed by atoms with Crippen LogP contribution < -0.4 is 10.8 Å². The molecule has 2 bridgehead atoms. The highest BCUT2D eigenvalue weighted by Crippen LogP contribution is 2.61. The van der Waals surface area contributed by atoms with Gasteiger partial charge < -0.3 is 10.4 Å². The Bertz CT molecular complexity index is 575. The second-order valence-corrected chi connectivity index (χ2v) is 8.55. The van der Waals surface area contributed by atoms with Crippen molar-refractivity contribution in [2.75, 3.05) is 6.54 Å². The van der Waals surface area contributed by atoms with Crippen LogP contribution in [0.4, 0.5) is 0 Å². The molecule has 1 aliphatic heterocycles. The quantitative estimate of drug-likeness (QED) is 0.397. The van der Waals surface area contributed by atoms with Crippen LogP contribution in [0.2, 0.25) is 0 Å². The second kappa shape index (κ2) is 6.76. The minimum absolute atomic E-state index is 0.0843. The molecule has 3 aliphatic carbocycles. The largest absolute Gasteiger partial charge is 0.393 e. The van der Waals surface area contributed by atoms with Gasteiger partial charge in [-0.25, -0.2) is 0 Å². The summed E-state index contributed by atoms with van der Waals surface area (Å²) in [5.74, 6) is 1.16. The van der Waals surface area contributed by atoms with Crippen molar-refractivity contribution in [3.05, 3.63) is 10.4 Å². The maximum atomic E-state index is 12.8. The highest BCUT2D eigenvalue weighted by atomic mass is 16.7. The van der Waals surface area contributed by atoms with Crippen molar-refractivity contribution >= 4 is 5.91 Å². The number of hydrogen-bond acceptors (Lipinski definition) is 5. The summed E-state index contributed by atoms with van der Waals surface area (Å²) in [4.78, 5) is 20.9. The molecule has 4 rings (SSSR count). The van der Waals surface area contributed by atoms with E-state index in [4.69, 9.17) is 10.4 Å². The molecule has 4 aliphatic rings. The number of carbonyl (C=O) groups excluding carboxylic acids is 1. The highest BCUT2D eigenvalue weighted by Gasteiger charge is 2.56. The molecule has 0 radical (unpaired) electrons. The van der Waals surface area contributed by atoms with Gasteiger partial charge in [0.25, 0.3) is 0 Å². The monoisotopic (exact) mass is 351 g/mol. The third-order valence-corrected chi connectivity index (χ3v) is 7.01. The Kier molecular flexibility index (Phi) is 4.99. The molecule has 8 nitrogen and oxygen atoms in total. The maximum absolute atomic E-state index is 12.8. The van der Waals surface area contributed by atoms with E-state index in [-0.39, 0.29) is 18.5 Å². The Morgan fingerprint density at radius 3 is 2.80 bits per heavy atom. The first-order chi connectivity index (χ1) is 11.8. The minimum Gasteiger partial charge on any atom is -0.393 e. The molecule has 0 unspecified atom stereocenters. The zero-order chi connectivity index (χ0) is 18.4. The van der Waals surface area contributed by atoms with Crippen molar-refractivity contribution in [3.63, 3.8) is 0 Å². The van der Waals surface area contributed by atoms with Crippen LogP contribution in [-0.4, -0.2) is 41.9 Å². The standard InChI is InChI=1S/C17H29N5O3/c1-8-11-5-10(17(11,3)4)6-12(8)20-16(24)15-14(9(2)23)13(25-21-15)7-19-22-18/h8-15,21,23H,5-7H2,1-4H3,(H,20,24)/t8-,9-,10+,11-,12-,13-,14+,15-/m0/s1. The van der Waals surface area contributed by atoms with Gasteiger partial charge in [0, 0.05) is 16.9 Å². The average Bonchev–Trinajstić information content (AvgIpc) is 2.98. The molecule has 8 heteroatoms. The zero-order valence-corrected chi connectivity index (χ0v) is 15.3. The summed E-state index contributed by atoms with van der Waals surface area (Å²) in [6.07, 6.45) is 1.00. The van der Waals surface area contributed by atoms with Gasteiger partial charge in [0.15, 0.2) is 0 Å². The van der Waals surface area contributed by atoms with E-state index < -0.39 is 24.2 Å². The number of rotatable bonds is 5. The normalized spacial score (nSPS) is 42.8. The number of azide groups is 1. The Morgan fingerprint density at radius 2 is 2.24 bits per heavy atom. The highest BCUT2D eigenvalue weighted by molar-refractivity contribution is 5.82. The van der Waals surface area contributed by atoms with Crippen LogP contribution in [0.5, 0.6) is 0 Å². The fourth-order valence-corrected chi connectivity index (χ4v) is 5.24. The van der Waals surface area contributed by atoms with Crippen molar-refractivity contribution < 1.29 is 14.7 Å². The van der Waals surface area contributed by atoms with Gasteiger partial charge in [0.1, 0.15) is 6.04 Å². The maximum Gasteiger partial charge on any atom is 0.240 e. The predicted molar refractivity (Wildman–Crippen MR) is 92.1 cm³/mol. The third kappa shape index (κ3) is 3.12. The smallest absolute Gasteiger partial charge is 0.240 e. The molecule has 0 aromatic heterocycles. The van der Waals surface area contributed by atoms with Crippen LogP contribution in [0.1, 0.15) is 40.5 Å². The number of fused-ring (bicyclic) bond motifs is 2. The van der Waals surface area contributed by atoms with Gasteiger partial charge in [0.05, 0.1) is 18.8 Å². The van der Waals surface area contributed by atoms with E-state index in [1.165, 1.54) is 6.42 Å². The first-order valence-corrected chi connectivity index (χ1v) is 9.17. The molecular formula is C17H29N5O3. The molecule has 3 saturated carbocycles. The van der Waals surface area contributed by atoms with E-state index in [0.717, 1.165) is 6.42 Å². The molecule has 0 aromatic rings. The molecule has 1 amide bonds. The summed E-state index contributed by atoms with van der Waals surface area (Å²) in [5, 5.41) is 16.8. The predicted octanol–water partition coefficient (Wildman–Crippen LogP) is 1.75. The van der Waals surface area contributed by atoms with E-state index in [9.17, 15) is 9.90 Å². The van der Waals surface area contributed by atoms with Gasteiger partial charge in [0.2, 0.25) is 5.91 Å². The van der Waals surface area contributed by atoms with E-state index >= 15 is 0 Å². The minimum atomic E-state index is -0.749. The topological polar surface area (TPSA) is 119 Å². The summed E-state index contributed by atoms with van der Waals surface area (Å²) in [7, 11) is 0. The Hall–Kier alpha value is -1.34. The lowest BCUT2D eigenvalue weighted by Crippen LogP contribution is -2.62. The van der Waals surface area contributed by atoms with Gasteiger partial charge in [-0.05, 0) is 48.5 Å². The fraction of sp³-hybridized carbons (Fsp3) is 0.941. The number of carbonyl (C=O) groups is 1. The Labute approximate surface area is 148 Å². The van der Waals surface area contributed by atoms with Crippen LogP contribution in [0.15, 0.2) is 5.11 Å². The number of amides is 1. The number of aliphatic hydroxyl groups excluding tert-OH is 1. The molecule has 1 heterocycles. The number of nitrogens with one attached hydrogen (secondary N) is 2. The molecule has 0 aromatic carbocycles. The van der Waals surface area contributed by atoms with Crippen LogP contribution in [0.25, 0.3) is 10.4 Å². The van der Waals surface area contributed by atoms with Gasteiger partial charge >= 0.3 is 0 Å². The lowest BCUT2D eigenvalue weighted by atomic mass is 9.45. The van der Waals surface area contributed by atoms with Gasteiger partial charge in [-0.2, -0.15) is 5.48 Å². The summed E-state index contributed by atoms with van der Waals surface area (Å²) >= 11 is 0. The number of hydrogen-bond donors (Lipinski definition) is 3. The van der Waals surface area contributed by atoms with Crippen LogP contribution in [-0.2, 0) is 9.63 Å². The summed E-state index contributed by atoms with van der Waals surface area (Å²) < 4.78 is 0.